The van der Waals surface area contributed by atoms with Crippen LogP contribution >= 0.6 is 0 Å². The molecule has 0 atom stereocenters. The van der Waals surface area contributed by atoms with E-state index in [-0.39, 0.29) is 12.4 Å². The number of rotatable bonds is 8. The maximum Gasteiger partial charge on any atom is 0.342 e. The average Bonchev–Trinajstić information content (AvgIpc) is 2.98. The van der Waals surface area contributed by atoms with Crippen molar-refractivity contribution in [3.8, 4) is 5.75 Å². The number of Topliss-reactive ketones (excluding diaryl/α,β-unsaturated/α-hetero) is 1. The number of hydrogen-bond acceptors (Lipinski definition) is 4. The van der Waals surface area contributed by atoms with E-state index >= 15 is 0 Å². The molecule has 25 heavy (non-hydrogen) atoms. The molecule has 4 nitrogen and oxygen atoms in total. The molecule has 136 valence electrons. The highest BCUT2D eigenvalue weighted by molar-refractivity contribution is 5.97. The fourth-order valence-electron chi connectivity index (χ4n) is 3.19. The monoisotopic (exact) mass is 344 g/mol. The number of cyclic esters (lactones) is 1. The summed E-state index contributed by atoms with van der Waals surface area (Å²) in [4.78, 5) is 23.6. The Morgan fingerprint density at radius 2 is 1.92 bits per heavy atom. The first kappa shape index (κ1) is 19.2. The summed E-state index contributed by atoms with van der Waals surface area (Å²) in [5.74, 6) is -0.0903. The number of benzene rings is 1. The fraction of sp³-hybridized carbons (Fsp3) is 0.524. The van der Waals surface area contributed by atoms with Crippen molar-refractivity contribution in [1.82, 2.24) is 0 Å². The number of aromatic hydroxyl groups is 1. The van der Waals surface area contributed by atoms with Crippen LogP contribution in [0.4, 0.5) is 0 Å². The molecule has 1 aromatic rings. The van der Waals surface area contributed by atoms with Gasteiger partial charge in [-0.05, 0) is 51.2 Å². The average molecular weight is 344 g/mol. The standard InChI is InChI=1S/C21H28O4/c1-5-6-7-16(22)10-8-13(2)9-11-17-14(3)15(4)18-12-25-21(24)19(18)20(17)23/h9,23H,5-8,10-12H2,1-4H3/b13-9+. The minimum Gasteiger partial charge on any atom is -0.507 e. The second-order valence-corrected chi connectivity index (χ2v) is 6.90. The van der Waals surface area contributed by atoms with E-state index in [1.807, 2.05) is 26.8 Å². The molecule has 2 rings (SSSR count). The van der Waals surface area contributed by atoms with Crippen LogP contribution in [0.5, 0.6) is 5.75 Å². The summed E-state index contributed by atoms with van der Waals surface area (Å²) in [6, 6.07) is 0. The molecule has 0 amide bonds. The second-order valence-electron chi connectivity index (χ2n) is 6.90. The normalized spacial score (nSPS) is 13.8. The van der Waals surface area contributed by atoms with Crippen LogP contribution in [0.3, 0.4) is 0 Å². The summed E-state index contributed by atoms with van der Waals surface area (Å²) < 4.78 is 5.07. The molecular formula is C21H28O4. The van der Waals surface area contributed by atoms with Gasteiger partial charge in [-0.25, -0.2) is 4.79 Å². The highest BCUT2D eigenvalue weighted by atomic mass is 16.5. The molecule has 0 bridgehead atoms. The molecule has 1 N–H and O–H groups in total. The quantitative estimate of drug-likeness (QED) is 0.548. The Morgan fingerprint density at radius 1 is 1.20 bits per heavy atom. The van der Waals surface area contributed by atoms with Crippen molar-refractivity contribution in [3.05, 3.63) is 39.5 Å². The number of phenolic OH excluding ortho intramolecular Hbond substituents is 1. The van der Waals surface area contributed by atoms with Crippen LogP contribution < -0.4 is 0 Å². The number of carbonyl (C=O) groups excluding carboxylic acids is 2. The van der Waals surface area contributed by atoms with Crippen molar-refractivity contribution in [3.63, 3.8) is 0 Å². The van der Waals surface area contributed by atoms with Crippen molar-refractivity contribution < 1.29 is 19.4 Å². The highest BCUT2D eigenvalue weighted by Gasteiger charge is 2.30. The van der Waals surface area contributed by atoms with E-state index in [2.05, 4.69) is 6.92 Å². The lowest BCUT2D eigenvalue weighted by Crippen LogP contribution is -2.02. The highest BCUT2D eigenvalue weighted by Crippen LogP contribution is 2.37. The summed E-state index contributed by atoms with van der Waals surface area (Å²) in [5.41, 5.74) is 5.02. The van der Waals surface area contributed by atoms with Gasteiger partial charge in [0.15, 0.2) is 0 Å². The molecule has 1 aliphatic heterocycles. The Hall–Kier alpha value is -2.10. The lowest BCUT2D eigenvalue weighted by atomic mass is 9.91. The summed E-state index contributed by atoms with van der Waals surface area (Å²) in [6.07, 6.45) is 6.57. The van der Waals surface area contributed by atoms with E-state index in [1.165, 1.54) is 0 Å². The van der Waals surface area contributed by atoms with Crippen molar-refractivity contribution in [2.45, 2.75) is 72.8 Å². The Balaban J connectivity index is 2.10. The van der Waals surface area contributed by atoms with Gasteiger partial charge in [-0.2, -0.15) is 0 Å². The molecule has 0 unspecified atom stereocenters. The smallest absolute Gasteiger partial charge is 0.342 e. The molecule has 0 spiro atoms. The minimum atomic E-state index is -0.445. The number of carbonyl (C=O) groups is 2. The lowest BCUT2D eigenvalue weighted by molar-refractivity contribution is -0.119. The number of allylic oxidation sites excluding steroid dienone is 2. The third-order valence-corrected chi connectivity index (χ3v) is 5.11. The molecule has 0 saturated heterocycles. The topological polar surface area (TPSA) is 63.6 Å². The SMILES string of the molecule is CCCCC(=O)CC/C(C)=C/Cc1c(C)c(C)c2c(c1O)C(=O)OC2. The largest absolute Gasteiger partial charge is 0.507 e. The van der Waals surface area contributed by atoms with Gasteiger partial charge < -0.3 is 9.84 Å². The number of esters is 1. The van der Waals surface area contributed by atoms with Crippen LogP contribution in [0, 0.1) is 13.8 Å². The molecule has 0 aliphatic carbocycles. The Kier molecular flexibility index (Phi) is 6.40. The van der Waals surface area contributed by atoms with E-state index in [4.69, 9.17) is 4.74 Å². The summed E-state index contributed by atoms with van der Waals surface area (Å²) in [6.45, 7) is 8.26. The molecule has 4 heteroatoms. The molecule has 1 aromatic carbocycles. The predicted octanol–water partition coefficient (Wildman–Crippen LogP) is 4.71. The number of ether oxygens (including phenoxy) is 1. The molecule has 1 heterocycles. The van der Waals surface area contributed by atoms with Gasteiger partial charge in [0.25, 0.3) is 0 Å². The Morgan fingerprint density at radius 3 is 2.60 bits per heavy atom. The first-order valence-corrected chi connectivity index (χ1v) is 9.05. The summed E-state index contributed by atoms with van der Waals surface area (Å²) in [7, 11) is 0. The minimum absolute atomic E-state index is 0.0451. The zero-order valence-electron chi connectivity index (χ0n) is 15.7. The fourth-order valence-corrected chi connectivity index (χ4v) is 3.19. The predicted molar refractivity (Wildman–Crippen MR) is 97.9 cm³/mol. The van der Waals surface area contributed by atoms with E-state index in [0.717, 1.165) is 47.1 Å². The summed E-state index contributed by atoms with van der Waals surface area (Å²) >= 11 is 0. The van der Waals surface area contributed by atoms with Gasteiger partial charge in [-0.3, -0.25) is 4.79 Å². The van der Waals surface area contributed by atoms with Crippen LogP contribution in [0.15, 0.2) is 11.6 Å². The number of fused-ring (bicyclic) bond motifs is 1. The Bertz CT molecular complexity index is 713. The molecule has 0 aromatic heterocycles. The maximum absolute atomic E-state index is 11.9. The summed E-state index contributed by atoms with van der Waals surface area (Å²) in [5, 5.41) is 10.5. The van der Waals surface area contributed by atoms with Crippen molar-refractivity contribution >= 4 is 11.8 Å². The van der Waals surface area contributed by atoms with Gasteiger partial charge in [-0.1, -0.05) is 25.0 Å². The van der Waals surface area contributed by atoms with Crippen LogP contribution in [-0.4, -0.2) is 16.9 Å². The zero-order valence-corrected chi connectivity index (χ0v) is 15.7. The first-order valence-electron chi connectivity index (χ1n) is 9.05. The van der Waals surface area contributed by atoms with Gasteiger partial charge in [0.05, 0.1) is 0 Å². The number of unbranched alkanes of at least 4 members (excludes halogenated alkanes) is 1. The maximum atomic E-state index is 11.9. The molecule has 1 aliphatic rings. The van der Waals surface area contributed by atoms with Gasteiger partial charge in [0, 0.05) is 24.0 Å². The Labute approximate surface area is 149 Å². The van der Waals surface area contributed by atoms with Crippen LogP contribution in [0.1, 0.15) is 78.6 Å². The van der Waals surface area contributed by atoms with Gasteiger partial charge in [0.2, 0.25) is 0 Å². The van der Waals surface area contributed by atoms with Crippen molar-refractivity contribution in [2.75, 3.05) is 0 Å². The first-order chi connectivity index (χ1) is 11.9. The third kappa shape index (κ3) is 4.30. The zero-order chi connectivity index (χ0) is 18.6. The van der Waals surface area contributed by atoms with Gasteiger partial charge in [0.1, 0.15) is 23.7 Å². The van der Waals surface area contributed by atoms with E-state index in [0.29, 0.717) is 30.6 Å². The van der Waals surface area contributed by atoms with E-state index in [9.17, 15) is 14.7 Å². The van der Waals surface area contributed by atoms with Gasteiger partial charge >= 0.3 is 5.97 Å². The van der Waals surface area contributed by atoms with Gasteiger partial charge in [-0.15, -0.1) is 0 Å². The van der Waals surface area contributed by atoms with E-state index < -0.39 is 5.97 Å². The number of hydrogen-bond donors (Lipinski definition) is 1. The van der Waals surface area contributed by atoms with Crippen LogP contribution in [0.25, 0.3) is 0 Å². The molecule has 0 fully saturated rings. The molecule has 0 saturated carbocycles. The van der Waals surface area contributed by atoms with Crippen molar-refractivity contribution in [1.29, 1.82) is 0 Å². The van der Waals surface area contributed by atoms with Crippen LogP contribution in [-0.2, 0) is 22.6 Å². The molecule has 0 radical (unpaired) electrons. The second kappa shape index (κ2) is 8.32. The van der Waals surface area contributed by atoms with Crippen molar-refractivity contribution in [2.24, 2.45) is 0 Å². The number of phenols is 1. The number of ketones is 1. The van der Waals surface area contributed by atoms with E-state index in [1.54, 1.807) is 0 Å². The molecular weight excluding hydrogens is 316 g/mol. The van der Waals surface area contributed by atoms with Crippen LogP contribution in [0.2, 0.25) is 0 Å². The third-order valence-electron chi connectivity index (χ3n) is 5.11. The lowest BCUT2D eigenvalue weighted by Gasteiger charge is -2.14.